The molecule has 0 rings (SSSR count). The Morgan fingerprint density at radius 1 is 1.38 bits per heavy atom. The van der Waals surface area contributed by atoms with Crippen LogP contribution in [0.3, 0.4) is 0 Å². The van der Waals surface area contributed by atoms with E-state index in [1.807, 2.05) is 0 Å². The third kappa shape index (κ3) is 9.79. The second-order valence-electron chi connectivity index (χ2n) is 1.01. The van der Waals surface area contributed by atoms with Crippen LogP contribution in [0.1, 0.15) is 0 Å². The van der Waals surface area contributed by atoms with Gasteiger partial charge in [0.1, 0.15) is 0 Å². The first-order valence-electron chi connectivity index (χ1n) is 1.62. The number of aliphatic hydroxyl groups is 1. The van der Waals surface area contributed by atoms with E-state index < -0.39 is 22.5 Å². The summed E-state index contributed by atoms with van der Waals surface area (Å²) in [7, 11) is -3.92. The monoisotopic (exact) mass is 233 g/mol. The van der Waals surface area contributed by atoms with Crippen LogP contribution in [-0.4, -0.2) is 30.4 Å². The summed E-state index contributed by atoms with van der Waals surface area (Å²) >= 11 is 0. The molecule has 6 heteroatoms. The van der Waals surface area contributed by atoms with Crippen LogP contribution in [0.2, 0.25) is 0 Å². The van der Waals surface area contributed by atoms with E-state index in [0.717, 1.165) is 0 Å². The summed E-state index contributed by atoms with van der Waals surface area (Å²) in [4.78, 5) is 0. The average molecular weight is 234 g/mol. The number of aliphatic hydroxyl groups excluding tert-OH is 1. The summed E-state index contributed by atoms with van der Waals surface area (Å²) in [5.74, 6) is -0.576. The van der Waals surface area contributed by atoms with Gasteiger partial charge in [-0.3, -0.25) is 4.55 Å². The Balaban J connectivity index is 0. The molecule has 0 heterocycles. The van der Waals surface area contributed by atoms with Crippen molar-refractivity contribution in [1.29, 1.82) is 0 Å². The zero-order valence-electron chi connectivity index (χ0n) is 3.83. The van der Waals surface area contributed by atoms with Crippen molar-refractivity contribution in [3.63, 3.8) is 0 Å². The topological polar surface area (TPSA) is 74.6 Å². The fraction of sp³-hybridized carbons (Fsp3) is 1.00. The molecule has 0 aromatic rings. The molecule has 0 aliphatic rings. The molecule has 0 aromatic carbocycles. The predicted octanol–water partition coefficient (Wildman–Crippen LogP) is -1.14. The molecule has 55 valence electrons. The van der Waals surface area contributed by atoms with Crippen molar-refractivity contribution in [3.05, 3.63) is 0 Å². The third-order valence-electron chi connectivity index (χ3n) is 0.349. The Kier molecular flexibility index (Phi) is 6.40. The fourth-order valence-electron chi connectivity index (χ4n) is 0.115. The first-order chi connectivity index (χ1) is 3.06. The van der Waals surface area contributed by atoms with Gasteiger partial charge in [-0.15, -0.1) is 0 Å². The predicted molar refractivity (Wildman–Crippen MR) is 23.5 cm³/mol. The van der Waals surface area contributed by atoms with Crippen molar-refractivity contribution in [2.24, 2.45) is 0 Å². The van der Waals surface area contributed by atoms with Crippen molar-refractivity contribution in [2.75, 3.05) is 12.4 Å². The first-order valence-corrected chi connectivity index (χ1v) is 3.23. The molecule has 0 aromatic heterocycles. The SMILES string of the molecule is O=S(=O)(O)CCO.[Ag]. The minimum Gasteiger partial charge on any atom is -0.395 e. The van der Waals surface area contributed by atoms with Crippen LogP contribution in [0.5, 0.6) is 0 Å². The minimum absolute atomic E-state index is 0. The molecule has 8 heavy (non-hydrogen) atoms. The van der Waals surface area contributed by atoms with Crippen LogP contribution >= 0.6 is 0 Å². The maximum absolute atomic E-state index is 9.63. The van der Waals surface area contributed by atoms with E-state index in [1.54, 1.807) is 0 Å². The Morgan fingerprint density at radius 2 is 1.75 bits per heavy atom. The second kappa shape index (κ2) is 4.49. The molecule has 0 spiro atoms. The van der Waals surface area contributed by atoms with Gasteiger partial charge in [-0.2, -0.15) is 8.42 Å². The van der Waals surface area contributed by atoms with E-state index in [9.17, 15) is 8.42 Å². The molecule has 0 bridgehead atoms. The van der Waals surface area contributed by atoms with Crippen LogP contribution in [-0.2, 0) is 32.5 Å². The quantitative estimate of drug-likeness (QED) is 0.468. The Hall–Kier alpha value is 0.610. The van der Waals surface area contributed by atoms with Crippen molar-refractivity contribution < 1.29 is 40.5 Å². The van der Waals surface area contributed by atoms with Gasteiger partial charge in [0.05, 0.1) is 12.4 Å². The smallest absolute Gasteiger partial charge is 0.267 e. The molecule has 0 aliphatic carbocycles. The summed E-state index contributed by atoms with van der Waals surface area (Å²) < 4.78 is 27.1. The van der Waals surface area contributed by atoms with Crippen molar-refractivity contribution in [1.82, 2.24) is 0 Å². The second-order valence-corrected chi connectivity index (χ2v) is 2.58. The molecule has 0 amide bonds. The average Bonchev–Trinajstić information content (AvgIpc) is 1.30. The van der Waals surface area contributed by atoms with Crippen molar-refractivity contribution in [3.8, 4) is 0 Å². The third-order valence-corrected chi connectivity index (χ3v) is 1.05. The van der Waals surface area contributed by atoms with Crippen molar-refractivity contribution in [2.45, 2.75) is 0 Å². The Labute approximate surface area is 63.2 Å². The molecular formula is C2H6AgO4S. The largest absolute Gasteiger partial charge is 0.395 e. The molecule has 1 radical (unpaired) electrons. The van der Waals surface area contributed by atoms with Gasteiger partial charge in [-0.05, 0) is 0 Å². The molecule has 4 nitrogen and oxygen atoms in total. The van der Waals surface area contributed by atoms with E-state index in [4.69, 9.17) is 9.66 Å². The summed E-state index contributed by atoms with van der Waals surface area (Å²) in [5.41, 5.74) is 0. The summed E-state index contributed by atoms with van der Waals surface area (Å²) in [6, 6.07) is 0. The summed E-state index contributed by atoms with van der Waals surface area (Å²) in [6.07, 6.45) is 0. The van der Waals surface area contributed by atoms with Crippen LogP contribution < -0.4 is 0 Å². The van der Waals surface area contributed by atoms with Gasteiger partial charge in [-0.25, -0.2) is 0 Å². The van der Waals surface area contributed by atoms with E-state index in [1.165, 1.54) is 0 Å². The van der Waals surface area contributed by atoms with E-state index in [-0.39, 0.29) is 22.4 Å². The van der Waals surface area contributed by atoms with E-state index >= 15 is 0 Å². The summed E-state index contributed by atoms with van der Waals surface area (Å²) in [6.45, 7) is -0.529. The molecular weight excluding hydrogens is 228 g/mol. The van der Waals surface area contributed by atoms with Gasteiger partial charge in [0.25, 0.3) is 10.1 Å². The maximum Gasteiger partial charge on any atom is 0.267 e. The standard InChI is InChI=1S/C2H6O4S.Ag/c3-1-2-7(4,5)6;/h3H,1-2H2,(H,4,5,6);. The van der Waals surface area contributed by atoms with Gasteiger partial charge in [-0.1, -0.05) is 0 Å². The molecule has 0 atom stereocenters. The summed E-state index contributed by atoms with van der Waals surface area (Å²) in [5, 5.41) is 7.86. The van der Waals surface area contributed by atoms with Crippen LogP contribution in [0, 0.1) is 0 Å². The molecule has 0 saturated carbocycles. The van der Waals surface area contributed by atoms with Crippen molar-refractivity contribution >= 4 is 10.1 Å². The Bertz CT molecular complexity index is 127. The van der Waals surface area contributed by atoms with E-state index in [0.29, 0.717) is 0 Å². The van der Waals surface area contributed by atoms with Crippen LogP contribution in [0.4, 0.5) is 0 Å². The zero-order chi connectivity index (χ0) is 5.91. The number of rotatable bonds is 2. The van der Waals surface area contributed by atoms with Gasteiger partial charge < -0.3 is 5.11 Å². The first kappa shape index (κ1) is 11.4. The van der Waals surface area contributed by atoms with Crippen LogP contribution in [0.25, 0.3) is 0 Å². The van der Waals surface area contributed by atoms with Gasteiger partial charge >= 0.3 is 0 Å². The van der Waals surface area contributed by atoms with Gasteiger partial charge in [0.15, 0.2) is 0 Å². The molecule has 0 unspecified atom stereocenters. The molecule has 0 aliphatic heterocycles. The number of hydrogen-bond acceptors (Lipinski definition) is 3. The van der Waals surface area contributed by atoms with Gasteiger partial charge in [0, 0.05) is 22.4 Å². The number of hydrogen-bond donors (Lipinski definition) is 2. The Morgan fingerprint density at radius 3 is 1.75 bits per heavy atom. The minimum atomic E-state index is -3.92. The maximum atomic E-state index is 9.63. The zero-order valence-corrected chi connectivity index (χ0v) is 6.13. The molecule has 2 N–H and O–H groups in total. The molecule has 0 saturated heterocycles. The molecule has 0 fully saturated rings. The fourth-order valence-corrected chi connectivity index (χ4v) is 0.346. The van der Waals surface area contributed by atoms with Gasteiger partial charge in [0.2, 0.25) is 0 Å². The normalized spacial score (nSPS) is 10.2. The van der Waals surface area contributed by atoms with E-state index in [2.05, 4.69) is 0 Å². The van der Waals surface area contributed by atoms with Crippen LogP contribution in [0.15, 0.2) is 0 Å².